The normalized spacial score (nSPS) is 19.1. The third-order valence-corrected chi connectivity index (χ3v) is 4.05. The Labute approximate surface area is 122 Å². The lowest BCUT2D eigenvalue weighted by atomic mass is 9.95. The van der Waals surface area contributed by atoms with Gasteiger partial charge in [-0.1, -0.05) is 37.8 Å². The van der Waals surface area contributed by atoms with E-state index in [1.54, 1.807) is 0 Å². The quantitative estimate of drug-likeness (QED) is 0.851. The standard InChI is InChI=1S/C18H25NO/c1-15(2)18-9-10-19(14-18)13-17-8-5-7-16(12-17)6-3-4-11-20/h5,7-8,12,15,18,20H,4,9-11,13-14H2,1-2H3. The number of aliphatic hydroxyl groups excluding tert-OH is 1. The summed E-state index contributed by atoms with van der Waals surface area (Å²) in [6.07, 6.45) is 1.88. The van der Waals surface area contributed by atoms with Crippen LogP contribution in [0.3, 0.4) is 0 Å². The third kappa shape index (κ3) is 4.37. The van der Waals surface area contributed by atoms with Crippen molar-refractivity contribution in [1.82, 2.24) is 4.90 Å². The highest BCUT2D eigenvalue weighted by molar-refractivity contribution is 5.37. The van der Waals surface area contributed by atoms with Crippen LogP contribution in [0.25, 0.3) is 0 Å². The third-order valence-electron chi connectivity index (χ3n) is 4.05. The lowest BCUT2D eigenvalue weighted by molar-refractivity contribution is 0.297. The monoisotopic (exact) mass is 271 g/mol. The van der Waals surface area contributed by atoms with Crippen LogP contribution in [0.1, 0.15) is 37.8 Å². The van der Waals surface area contributed by atoms with Crippen molar-refractivity contribution >= 4 is 0 Å². The molecule has 1 atom stereocenters. The molecule has 1 aliphatic heterocycles. The Balaban J connectivity index is 1.94. The van der Waals surface area contributed by atoms with Crippen molar-refractivity contribution in [1.29, 1.82) is 0 Å². The molecule has 108 valence electrons. The number of hydrogen-bond donors (Lipinski definition) is 1. The topological polar surface area (TPSA) is 23.5 Å². The largest absolute Gasteiger partial charge is 0.395 e. The molecule has 1 N–H and O–H groups in total. The van der Waals surface area contributed by atoms with Gasteiger partial charge in [0.25, 0.3) is 0 Å². The lowest BCUT2D eigenvalue weighted by Crippen LogP contribution is -2.21. The second-order valence-electron chi connectivity index (χ2n) is 6.00. The van der Waals surface area contributed by atoms with Crippen LogP contribution in [0.2, 0.25) is 0 Å². The molecule has 1 aliphatic rings. The van der Waals surface area contributed by atoms with Gasteiger partial charge in [-0.15, -0.1) is 0 Å². The zero-order chi connectivity index (χ0) is 14.4. The van der Waals surface area contributed by atoms with Crippen molar-refractivity contribution in [2.45, 2.75) is 33.2 Å². The maximum Gasteiger partial charge on any atom is 0.0540 e. The van der Waals surface area contributed by atoms with E-state index in [-0.39, 0.29) is 6.61 Å². The van der Waals surface area contributed by atoms with E-state index in [1.807, 2.05) is 6.07 Å². The smallest absolute Gasteiger partial charge is 0.0540 e. The van der Waals surface area contributed by atoms with Crippen LogP contribution >= 0.6 is 0 Å². The Hall–Kier alpha value is -1.30. The van der Waals surface area contributed by atoms with Gasteiger partial charge in [0.1, 0.15) is 0 Å². The number of aliphatic hydroxyl groups is 1. The summed E-state index contributed by atoms with van der Waals surface area (Å²) >= 11 is 0. The van der Waals surface area contributed by atoms with Crippen molar-refractivity contribution in [2.24, 2.45) is 11.8 Å². The summed E-state index contributed by atoms with van der Waals surface area (Å²) in [5.74, 6) is 7.73. The molecule has 2 nitrogen and oxygen atoms in total. The minimum Gasteiger partial charge on any atom is -0.395 e. The molecule has 0 aromatic heterocycles. The molecule has 0 amide bonds. The molecule has 1 aromatic rings. The average Bonchev–Trinajstić information content (AvgIpc) is 2.88. The summed E-state index contributed by atoms with van der Waals surface area (Å²) in [7, 11) is 0. The second kappa shape index (κ2) is 7.47. The van der Waals surface area contributed by atoms with Crippen LogP contribution in [0, 0.1) is 23.7 Å². The van der Waals surface area contributed by atoms with E-state index in [0.29, 0.717) is 6.42 Å². The summed E-state index contributed by atoms with van der Waals surface area (Å²) in [5, 5.41) is 8.75. The molecule has 1 aromatic carbocycles. The number of rotatable bonds is 4. The Kier molecular flexibility index (Phi) is 5.64. The Morgan fingerprint density at radius 3 is 2.95 bits per heavy atom. The van der Waals surface area contributed by atoms with Gasteiger partial charge in [0.05, 0.1) is 6.61 Å². The molecule has 1 heterocycles. The fourth-order valence-electron chi connectivity index (χ4n) is 2.78. The summed E-state index contributed by atoms with van der Waals surface area (Å²) in [5.41, 5.74) is 2.39. The lowest BCUT2D eigenvalue weighted by Gasteiger charge is -2.18. The highest BCUT2D eigenvalue weighted by atomic mass is 16.2. The van der Waals surface area contributed by atoms with Gasteiger partial charge in [0.2, 0.25) is 0 Å². The fourth-order valence-corrected chi connectivity index (χ4v) is 2.78. The molecule has 2 rings (SSSR count). The highest BCUT2D eigenvalue weighted by Gasteiger charge is 2.24. The first-order valence-electron chi connectivity index (χ1n) is 7.60. The zero-order valence-electron chi connectivity index (χ0n) is 12.6. The van der Waals surface area contributed by atoms with E-state index in [4.69, 9.17) is 5.11 Å². The fraction of sp³-hybridized carbons (Fsp3) is 0.556. The van der Waals surface area contributed by atoms with Gasteiger partial charge in [-0.3, -0.25) is 4.90 Å². The van der Waals surface area contributed by atoms with Gasteiger partial charge in [-0.25, -0.2) is 0 Å². The summed E-state index contributed by atoms with van der Waals surface area (Å²) in [6, 6.07) is 8.47. The van der Waals surface area contributed by atoms with Crippen LogP contribution < -0.4 is 0 Å². The van der Waals surface area contributed by atoms with Crippen molar-refractivity contribution < 1.29 is 5.11 Å². The maximum absolute atomic E-state index is 8.75. The number of benzene rings is 1. The molecule has 1 unspecified atom stereocenters. The van der Waals surface area contributed by atoms with E-state index >= 15 is 0 Å². The maximum atomic E-state index is 8.75. The molecular weight excluding hydrogens is 246 g/mol. The van der Waals surface area contributed by atoms with Gasteiger partial charge in [-0.05, 0) is 42.5 Å². The van der Waals surface area contributed by atoms with Crippen molar-refractivity contribution in [3.05, 3.63) is 35.4 Å². The summed E-state index contributed by atoms with van der Waals surface area (Å²) in [4.78, 5) is 2.55. The molecule has 2 heteroatoms. The van der Waals surface area contributed by atoms with E-state index in [2.05, 4.69) is 48.8 Å². The number of hydrogen-bond acceptors (Lipinski definition) is 2. The van der Waals surface area contributed by atoms with Gasteiger partial charge in [0, 0.05) is 25.1 Å². The Bertz CT molecular complexity index is 484. The Morgan fingerprint density at radius 1 is 1.40 bits per heavy atom. The van der Waals surface area contributed by atoms with Crippen LogP contribution in [0.4, 0.5) is 0 Å². The minimum atomic E-state index is 0.136. The predicted molar refractivity (Wildman–Crippen MR) is 83.2 cm³/mol. The minimum absolute atomic E-state index is 0.136. The molecule has 0 radical (unpaired) electrons. The molecule has 1 saturated heterocycles. The number of likely N-dealkylation sites (tertiary alicyclic amines) is 1. The Morgan fingerprint density at radius 2 is 2.25 bits per heavy atom. The molecule has 0 saturated carbocycles. The predicted octanol–water partition coefficient (Wildman–Crippen LogP) is 2.90. The van der Waals surface area contributed by atoms with E-state index in [0.717, 1.165) is 23.9 Å². The zero-order valence-corrected chi connectivity index (χ0v) is 12.6. The molecular formula is C18H25NO. The first-order chi connectivity index (χ1) is 9.69. The van der Waals surface area contributed by atoms with Gasteiger partial charge >= 0.3 is 0 Å². The van der Waals surface area contributed by atoms with Crippen LogP contribution in [-0.4, -0.2) is 29.7 Å². The van der Waals surface area contributed by atoms with Crippen LogP contribution in [0.5, 0.6) is 0 Å². The molecule has 0 aliphatic carbocycles. The average molecular weight is 271 g/mol. The van der Waals surface area contributed by atoms with Crippen molar-refractivity contribution in [3.8, 4) is 11.8 Å². The van der Waals surface area contributed by atoms with E-state index < -0.39 is 0 Å². The van der Waals surface area contributed by atoms with E-state index in [9.17, 15) is 0 Å². The molecule has 20 heavy (non-hydrogen) atoms. The SMILES string of the molecule is CC(C)C1CCN(Cc2cccc(C#CCCO)c2)C1. The molecule has 0 spiro atoms. The second-order valence-corrected chi connectivity index (χ2v) is 6.00. The van der Waals surface area contributed by atoms with Gasteiger partial charge in [0.15, 0.2) is 0 Å². The highest BCUT2D eigenvalue weighted by Crippen LogP contribution is 2.24. The van der Waals surface area contributed by atoms with Crippen LogP contribution in [-0.2, 0) is 6.54 Å². The first-order valence-corrected chi connectivity index (χ1v) is 7.60. The van der Waals surface area contributed by atoms with Gasteiger partial charge in [-0.2, -0.15) is 0 Å². The van der Waals surface area contributed by atoms with E-state index in [1.165, 1.54) is 25.1 Å². The van der Waals surface area contributed by atoms with Crippen molar-refractivity contribution in [3.63, 3.8) is 0 Å². The molecule has 1 fully saturated rings. The van der Waals surface area contributed by atoms with Gasteiger partial charge < -0.3 is 5.11 Å². The molecule has 0 bridgehead atoms. The van der Waals surface area contributed by atoms with Crippen LogP contribution in [0.15, 0.2) is 24.3 Å². The summed E-state index contributed by atoms with van der Waals surface area (Å²) < 4.78 is 0. The van der Waals surface area contributed by atoms with Crippen molar-refractivity contribution in [2.75, 3.05) is 19.7 Å². The summed E-state index contributed by atoms with van der Waals surface area (Å²) in [6.45, 7) is 8.24. The number of nitrogens with zero attached hydrogens (tertiary/aromatic N) is 1. The first kappa shape index (κ1) is 15.1.